The van der Waals surface area contributed by atoms with Crippen molar-refractivity contribution in [3.63, 3.8) is 0 Å². The van der Waals surface area contributed by atoms with Crippen LogP contribution in [0.25, 0.3) is 5.76 Å². The molecule has 3 aromatic heterocycles. The van der Waals surface area contributed by atoms with Gasteiger partial charge in [-0.2, -0.15) is 0 Å². The molecule has 1 amide bonds. The van der Waals surface area contributed by atoms with Gasteiger partial charge in [-0.25, -0.2) is 0 Å². The number of nitrogens with zero attached hydrogens (tertiary/aromatic N) is 5. The zero-order valence-electron chi connectivity index (χ0n) is 18.2. The number of hydrogen-bond donors (Lipinski definition) is 1. The van der Waals surface area contributed by atoms with Crippen molar-refractivity contribution in [3.05, 3.63) is 99.6 Å². The fraction of sp³-hybridized carbons (Fsp3) is 0.0833. The van der Waals surface area contributed by atoms with Crippen molar-refractivity contribution in [2.75, 3.05) is 4.90 Å². The highest BCUT2D eigenvalue weighted by Gasteiger charge is 2.48. The van der Waals surface area contributed by atoms with E-state index in [9.17, 15) is 14.7 Å². The van der Waals surface area contributed by atoms with Crippen molar-refractivity contribution < 1.29 is 14.7 Å². The molecule has 0 bridgehead atoms. The topological polar surface area (TPSA) is 109 Å². The molecule has 0 spiro atoms. The number of anilines is 1. The molecule has 180 valence electrons. The van der Waals surface area contributed by atoms with Gasteiger partial charge >= 0.3 is 5.91 Å². The Kier molecular flexibility index (Phi) is 7.01. The summed E-state index contributed by atoms with van der Waals surface area (Å²) in [6.45, 7) is 0. The molecule has 1 aromatic carbocycles. The Balaban J connectivity index is 1.51. The Bertz CT molecular complexity index is 1480. The Morgan fingerprint density at radius 2 is 1.86 bits per heavy atom. The third kappa shape index (κ3) is 4.72. The van der Waals surface area contributed by atoms with Crippen LogP contribution >= 0.6 is 46.3 Å². The molecule has 12 heteroatoms. The Hall–Kier alpha value is -3.31. The molecule has 1 unspecified atom stereocenters. The lowest BCUT2D eigenvalue weighted by atomic mass is 9.97. The van der Waals surface area contributed by atoms with E-state index in [0.29, 0.717) is 31.3 Å². The summed E-state index contributed by atoms with van der Waals surface area (Å²) >= 11 is 14.8. The summed E-state index contributed by atoms with van der Waals surface area (Å²) in [7, 11) is 0. The van der Waals surface area contributed by atoms with E-state index in [4.69, 9.17) is 23.2 Å². The van der Waals surface area contributed by atoms with Gasteiger partial charge in [-0.1, -0.05) is 58.4 Å². The second kappa shape index (κ2) is 10.4. The number of pyridine rings is 2. The molecule has 4 aromatic rings. The van der Waals surface area contributed by atoms with E-state index >= 15 is 0 Å². The summed E-state index contributed by atoms with van der Waals surface area (Å²) in [6, 6.07) is 10.9. The summed E-state index contributed by atoms with van der Waals surface area (Å²) in [5.41, 5.74) is 1.72. The van der Waals surface area contributed by atoms with E-state index in [1.165, 1.54) is 29.1 Å². The van der Waals surface area contributed by atoms with Crippen LogP contribution in [-0.2, 0) is 15.3 Å². The zero-order valence-corrected chi connectivity index (χ0v) is 21.4. The van der Waals surface area contributed by atoms with Crippen LogP contribution < -0.4 is 4.90 Å². The third-order valence-corrected chi connectivity index (χ3v) is 8.06. The van der Waals surface area contributed by atoms with Crippen molar-refractivity contribution in [3.8, 4) is 0 Å². The predicted octanol–water partition coefficient (Wildman–Crippen LogP) is 5.55. The average molecular weight is 556 g/mol. The van der Waals surface area contributed by atoms with Crippen molar-refractivity contribution >= 4 is 68.9 Å². The SMILES string of the molecule is O=C1C(=O)N(c2nnc(SCc3ccc(Cl)cc3Cl)s2)C(c2cccnc2)C1=C(O)c1ccncc1. The molecule has 1 N–H and O–H groups in total. The summed E-state index contributed by atoms with van der Waals surface area (Å²) in [4.78, 5) is 35.7. The quantitative estimate of drug-likeness (QED) is 0.108. The van der Waals surface area contributed by atoms with Gasteiger partial charge in [0, 0.05) is 46.1 Å². The molecule has 1 fully saturated rings. The fourth-order valence-electron chi connectivity index (χ4n) is 3.68. The monoisotopic (exact) mass is 555 g/mol. The van der Waals surface area contributed by atoms with Crippen LogP contribution in [0, 0.1) is 0 Å². The highest BCUT2D eigenvalue weighted by Crippen LogP contribution is 2.44. The van der Waals surface area contributed by atoms with Gasteiger partial charge in [0.05, 0.1) is 11.6 Å². The van der Waals surface area contributed by atoms with E-state index in [2.05, 4.69) is 20.2 Å². The van der Waals surface area contributed by atoms with Gasteiger partial charge in [0.15, 0.2) is 4.34 Å². The number of halogens is 2. The lowest BCUT2D eigenvalue weighted by molar-refractivity contribution is -0.132. The molecule has 0 aliphatic carbocycles. The molecule has 5 rings (SSSR count). The Morgan fingerprint density at radius 3 is 2.58 bits per heavy atom. The van der Waals surface area contributed by atoms with Gasteiger partial charge < -0.3 is 5.11 Å². The van der Waals surface area contributed by atoms with E-state index in [0.717, 1.165) is 16.9 Å². The van der Waals surface area contributed by atoms with Gasteiger partial charge in [0.25, 0.3) is 5.78 Å². The number of rotatable bonds is 6. The smallest absolute Gasteiger partial charge is 0.301 e. The van der Waals surface area contributed by atoms with E-state index < -0.39 is 17.7 Å². The van der Waals surface area contributed by atoms with Crippen LogP contribution in [-0.4, -0.2) is 37.0 Å². The minimum Gasteiger partial charge on any atom is -0.507 e. The van der Waals surface area contributed by atoms with Gasteiger partial charge in [0.2, 0.25) is 5.13 Å². The lowest BCUT2D eigenvalue weighted by Gasteiger charge is -2.22. The number of carbonyl (C=O) groups excluding carboxylic acids is 2. The molecule has 1 aliphatic heterocycles. The minimum absolute atomic E-state index is 0.0588. The number of Topliss-reactive ketones (excluding diaryl/α,β-unsaturated/α-hetero) is 1. The zero-order chi connectivity index (χ0) is 25.2. The van der Waals surface area contributed by atoms with Crippen molar-refractivity contribution in [1.82, 2.24) is 20.2 Å². The summed E-state index contributed by atoms with van der Waals surface area (Å²) in [5.74, 6) is -1.43. The van der Waals surface area contributed by atoms with Gasteiger partial charge in [-0.3, -0.25) is 24.5 Å². The number of amides is 1. The molecule has 0 saturated carbocycles. The lowest BCUT2D eigenvalue weighted by Crippen LogP contribution is -2.29. The van der Waals surface area contributed by atoms with Crippen LogP contribution in [0.3, 0.4) is 0 Å². The number of benzene rings is 1. The second-order valence-corrected chi connectivity index (χ2v) is 10.6. The molecule has 1 atom stereocenters. The van der Waals surface area contributed by atoms with Crippen molar-refractivity contribution in [2.24, 2.45) is 0 Å². The summed E-state index contributed by atoms with van der Waals surface area (Å²) in [5, 5.41) is 20.7. The average Bonchev–Trinajstić information content (AvgIpc) is 3.46. The first kappa shape index (κ1) is 24.4. The Labute approximate surface area is 223 Å². The summed E-state index contributed by atoms with van der Waals surface area (Å²) < 4.78 is 0.581. The minimum atomic E-state index is -0.927. The van der Waals surface area contributed by atoms with Crippen LogP contribution in [0.15, 0.2) is 77.2 Å². The van der Waals surface area contributed by atoms with Crippen LogP contribution in [0.5, 0.6) is 0 Å². The van der Waals surface area contributed by atoms with Gasteiger partial charge in [-0.15, -0.1) is 10.2 Å². The molecule has 1 saturated heterocycles. The number of carbonyl (C=O) groups is 2. The van der Waals surface area contributed by atoms with E-state index in [-0.39, 0.29) is 16.5 Å². The third-order valence-electron chi connectivity index (χ3n) is 5.37. The largest absolute Gasteiger partial charge is 0.507 e. The molecule has 36 heavy (non-hydrogen) atoms. The van der Waals surface area contributed by atoms with Crippen LogP contribution in [0.4, 0.5) is 5.13 Å². The summed E-state index contributed by atoms with van der Waals surface area (Å²) in [6.07, 6.45) is 6.11. The number of thioether (sulfide) groups is 1. The molecular formula is C24H15Cl2N5O3S2. The first-order valence-electron chi connectivity index (χ1n) is 10.5. The number of aliphatic hydroxyl groups excluding tert-OH is 1. The molecule has 4 heterocycles. The number of aliphatic hydroxyl groups is 1. The molecule has 1 aliphatic rings. The highest BCUT2D eigenvalue weighted by molar-refractivity contribution is 8.00. The van der Waals surface area contributed by atoms with Crippen LogP contribution in [0.1, 0.15) is 22.7 Å². The standard InChI is InChI=1S/C24H15Cl2N5O3S2/c25-16-4-3-15(17(26)10-16)12-35-24-30-29-23(36-24)31-19(14-2-1-7-28-11-14)18(21(33)22(31)34)20(32)13-5-8-27-9-6-13/h1-11,19,32H,12H2. The molecule has 8 nitrogen and oxygen atoms in total. The maximum atomic E-state index is 13.2. The van der Waals surface area contributed by atoms with Crippen molar-refractivity contribution in [2.45, 2.75) is 16.1 Å². The first-order chi connectivity index (χ1) is 17.4. The van der Waals surface area contributed by atoms with E-state index in [1.54, 1.807) is 48.8 Å². The van der Waals surface area contributed by atoms with Gasteiger partial charge in [-0.05, 0) is 41.5 Å². The maximum Gasteiger partial charge on any atom is 0.301 e. The number of hydrogen-bond acceptors (Lipinski definition) is 9. The first-order valence-corrected chi connectivity index (χ1v) is 13.0. The van der Waals surface area contributed by atoms with E-state index in [1.807, 2.05) is 6.07 Å². The predicted molar refractivity (Wildman–Crippen MR) is 139 cm³/mol. The van der Waals surface area contributed by atoms with Gasteiger partial charge in [0.1, 0.15) is 5.76 Å². The normalized spacial score (nSPS) is 17.1. The highest BCUT2D eigenvalue weighted by atomic mass is 35.5. The number of aromatic nitrogens is 4. The Morgan fingerprint density at radius 1 is 1.06 bits per heavy atom. The van der Waals surface area contributed by atoms with Crippen LogP contribution in [0.2, 0.25) is 10.0 Å². The van der Waals surface area contributed by atoms with Crippen molar-refractivity contribution in [1.29, 1.82) is 0 Å². The second-order valence-electron chi connectivity index (χ2n) is 7.57. The molecule has 0 radical (unpaired) electrons. The molecular weight excluding hydrogens is 541 g/mol. The fourth-order valence-corrected chi connectivity index (χ4v) is 6.11. The maximum absolute atomic E-state index is 13.2. The number of ketones is 1.